The molecule has 0 radical (unpaired) electrons. The first kappa shape index (κ1) is 11.8. The summed E-state index contributed by atoms with van der Waals surface area (Å²) >= 11 is 0. The van der Waals surface area contributed by atoms with Gasteiger partial charge in [-0.15, -0.1) is 0 Å². The third-order valence-electron chi connectivity index (χ3n) is 2.89. The number of halogens is 3. The maximum absolute atomic E-state index is 12.5. The second-order valence-corrected chi connectivity index (χ2v) is 3.99. The molecule has 2 rings (SSSR count). The molecule has 1 aromatic rings. The minimum atomic E-state index is -4.28. The highest BCUT2D eigenvalue weighted by atomic mass is 19.4. The normalized spacial score (nSPS) is 14.6. The Morgan fingerprint density at radius 1 is 1.35 bits per heavy atom. The summed E-state index contributed by atoms with van der Waals surface area (Å²) in [6.07, 6.45) is -3.28. The van der Waals surface area contributed by atoms with Crippen LogP contribution in [0.2, 0.25) is 0 Å². The number of rotatable bonds is 2. The minimum Gasteiger partial charge on any atom is -0.370 e. The maximum Gasteiger partial charge on any atom is 0.416 e. The number of fused-ring (bicyclic) bond motifs is 1. The molecule has 0 aromatic heterocycles. The summed E-state index contributed by atoms with van der Waals surface area (Å²) in [4.78, 5) is 1.96. The second-order valence-electron chi connectivity index (χ2n) is 3.99. The minimum absolute atomic E-state index is 0.389. The molecule has 2 nitrogen and oxygen atoms in total. The van der Waals surface area contributed by atoms with Gasteiger partial charge in [0.15, 0.2) is 0 Å². The van der Waals surface area contributed by atoms with Crippen LogP contribution in [-0.4, -0.2) is 13.1 Å². The standard InChI is InChI=1S/C12H11F3N2/c13-12(14,15)10-2-3-11-9(8-10)4-7-17(11)6-1-5-16/h2-3,8H,1,4,6-7H2. The van der Waals surface area contributed by atoms with E-state index in [1.165, 1.54) is 12.1 Å². The topological polar surface area (TPSA) is 27.0 Å². The van der Waals surface area contributed by atoms with Crippen LogP contribution in [0.15, 0.2) is 18.2 Å². The lowest BCUT2D eigenvalue weighted by Crippen LogP contribution is -2.21. The third kappa shape index (κ3) is 2.36. The van der Waals surface area contributed by atoms with Gasteiger partial charge in [-0.3, -0.25) is 0 Å². The van der Waals surface area contributed by atoms with E-state index < -0.39 is 11.7 Å². The van der Waals surface area contributed by atoms with Crippen molar-refractivity contribution in [1.29, 1.82) is 5.26 Å². The Kier molecular flexibility index (Phi) is 2.97. The first-order valence-electron chi connectivity index (χ1n) is 5.34. The van der Waals surface area contributed by atoms with Crippen molar-refractivity contribution in [2.75, 3.05) is 18.0 Å². The smallest absolute Gasteiger partial charge is 0.370 e. The number of alkyl halides is 3. The van der Waals surface area contributed by atoms with Crippen LogP contribution < -0.4 is 4.90 Å². The molecule has 0 unspecified atom stereocenters. The molecule has 0 fully saturated rings. The third-order valence-corrected chi connectivity index (χ3v) is 2.89. The van der Waals surface area contributed by atoms with Gasteiger partial charge in [0.05, 0.1) is 18.1 Å². The van der Waals surface area contributed by atoms with Crippen molar-refractivity contribution < 1.29 is 13.2 Å². The van der Waals surface area contributed by atoms with Crippen LogP contribution in [0.3, 0.4) is 0 Å². The first-order valence-corrected chi connectivity index (χ1v) is 5.34. The van der Waals surface area contributed by atoms with Gasteiger partial charge in [-0.05, 0) is 30.2 Å². The Labute approximate surface area is 97.3 Å². The summed E-state index contributed by atoms with van der Waals surface area (Å²) in [7, 11) is 0. The summed E-state index contributed by atoms with van der Waals surface area (Å²) in [5.74, 6) is 0. The van der Waals surface area contributed by atoms with Crippen molar-refractivity contribution in [2.45, 2.75) is 19.0 Å². The van der Waals surface area contributed by atoms with E-state index in [1.807, 2.05) is 11.0 Å². The summed E-state index contributed by atoms with van der Waals surface area (Å²) in [6.45, 7) is 1.27. The Hall–Kier alpha value is -1.70. The Balaban J connectivity index is 2.23. The van der Waals surface area contributed by atoms with E-state index in [-0.39, 0.29) is 0 Å². The zero-order valence-electron chi connectivity index (χ0n) is 9.09. The zero-order valence-corrected chi connectivity index (χ0v) is 9.09. The molecule has 0 saturated heterocycles. The lowest BCUT2D eigenvalue weighted by molar-refractivity contribution is -0.137. The molecule has 5 heteroatoms. The van der Waals surface area contributed by atoms with Crippen molar-refractivity contribution in [1.82, 2.24) is 0 Å². The molecule has 1 aliphatic heterocycles. The molecule has 1 aliphatic rings. The molecule has 0 atom stereocenters. The number of hydrogen-bond acceptors (Lipinski definition) is 2. The van der Waals surface area contributed by atoms with Crippen LogP contribution in [-0.2, 0) is 12.6 Å². The van der Waals surface area contributed by atoms with Crippen LogP contribution in [0.1, 0.15) is 17.5 Å². The van der Waals surface area contributed by atoms with Crippen LogP contribution in [0.25, 0.3) is 0 Å². The van der Waals surface area contributed by atoms with E-state index in [1.54, 1.807) is 0 Å². The van der Waals surface area contributed by atoms with Crippen molar-refractivity contribution in [2.24, 2.45) is 0 Å². The molecular weight excluding hydrogens is 229 g/mol. The number of nitriles is 1. The average Bonchev–Trinajstić information content (AvgIpc) is 2.67. The van der Waals surface area contributed by atoms with E-state index in [2.05, 4.69) is 0 Å². The second kappa shape index (κ2) is 4.28. The molecule has 1 aromatic carbocycles. The van der Waals surface area contributed by atoms with E-state index in [4.69, 9.17) is 5.26 Å². The molecule has 90 valence electrons. The van der Waals surface area contributed by atoms with Gasteiger partial charge in [-0.1, -0.05) is 0 Å². The molecule has 17 heavy (non-hydrogen) atoms. The fourth-order valence-electron chi connectivity index (χ4n) is 2.06. The fourth-order valence-corrected chi connectivity index (χ4v) is 2.06. The van der Waals surface area contributed by atoms with Crippen LogP contribution in [0.5, 0.6) is 0 Å². The van der Waals surface area contributed by atoms with Gasteiger partial charge in [-0.2, -0.15) is 18.4 Å². The van der Waals surface area contributed by atoms with E-state index in [9.17, 15) is 13.2 Å². The van der Waals surface area contributed by atoms with Gasteiger partial charge in [0.25, 0.3) is 0 Å². The summed E-state index contributed by atoms with van der Waals surface area (Å²) in [6, 6.07) is 5.85. The Bertz CT molecular complexity index is 460. The molecule has 0 N–H and O–H groups in total. The number of nitrogens with zero attached hydrogens (tertiary/aromatic N) is 2. The summed E-state index contributed by atoms with van der Waals surface area (Å²) in [5, 5.41) is 8.50. The molecular formula is C12H11F3N2. The maximum atomic E-state index is 12.5. The van der Waals surface area contributed by atoms with E-state index in [0.29, 0.717) is 25.9 Å². The predicted molar refractivity (Wildman–Crippen MR) is 57.6 cm³/mol. The van der Waals surface area contributed by atoms with Gasteiger partial charge in [0.1, 0.15) is 0 Å². The highest BCUT2D eigenvalue weighted by Crippen LogP contribution is 2.35. The van der Waals surface area contributed by atoms with Crippen molar-refractivity contribution in [3.63, 3.8) is 0 Å². The summed E-state index contributed by atoms with van der Waals surface area (Å²) in [5.41, 5.74) is 0.949. The number of anilines is 1. The van der Waals surface area contributed by atoms with Crippen LogP contribution in [0.4, 0.5) is 18.9 Å². The summed E-state index contributed by atoms with van der Waals surface area (Å²) < 4.78 is 37.5. The van der Waals surface area contributed by atoms with Gasteiger partial charge in [-0.25, -0.2) is 0 Å². The predicted octanol–water partition coefficient (Wildman–Crippen LogP) is 2.98. The Morgan fingerprint density at radius 3 is 2.76 bits per heavy atom. The van der Waals surface area contributed by atoms with Gasteiger partial charge >= 0.3 is 6.18 Å². The van der Waals surface area contributed by atoms with Gasteiger partial charge < -0.3 is 4.90 Å². The lowest BCUT2D eigenvalue weighted by atomic mass is 10.1. The first-order chi connectivity index (χ1) is 8.02. The Morgan fingerprint density at radius 2 is 2.12 bits per heavy atom. The van der Waals surface area contributed by atoms with E-state index in [0.717, 1.165) is 17.3 Å². The lowest BCUT2D eigenvalue weighted by Gasteiger charge is -2.18. The fraction of sp³-hybridized carbons (Fsp3) is 0.417. The van der Waals surface area contributed by atoms with E-state index >= 15 is 0 Å². The molecule has 0 spiro atoms. The quantitative estimate of drug-likeness (QED) is 0.794. The molecule has 0 aliphatic carbocycles. The van der Waals surface area contributed by atoms with Gasteiger partial charge in [0.2, 0.25) is 0 Å². The van der Waals surface area contributed by atoms with Crippen molar-refractivity contribution in [3.05, 3.63) is 29.3 Å². The van der Waals surface area contributed by atoms with Gasteiger partial charge in [0, 0.05) is 18.8 Å². The SMILES string of the molecule is N#CCCN1CCc2cc(C(F)(F)F)ccc21. The van der Waals surface area contributed by atoms with Crippen LogP contribution in [0, 0.1) is 11.3 Å². The zero-order chi connectivity index (χ0) is 12.5. The number of benzene rings is 1. The highest BCUT2D eigenvalue weighted by Gasteiger charge is 2.32. The van der Waals surface area contributed by atoms with Crippen molar-refractivity contribution >= 4 is 5.69 Å². The number of hydrogen-bond donors (Lipinski definition) is 0. The van der Waals surface area contributed by atoms with Crippen molar-refractivity contribution in [3.8, 4) is 6.07 Å². The largest absolute Gasteiger partial charge is 0.416 e. The molecule has 0 amide bonds. The monoisotopic (exact) mass is 240 g/mol. The highest BCUT2D eigenvalue weighted by molar-refractivity contribution is 5.59. The molecule has 0 bridgehead atoms. The average molecular weight is 240 g/mol. The molecule has 0 saturated carbocycles. The van der Waals surface area contributed by atoms with Crippen LogP contribution >= 0.6 is 0 Å². The molecule has 1 heterocycles.